The Morgan fingerprint density at radius 3 is 2.40 bits per heavy atom. The number of benzene rings is 1. The number of alkyl halides is 6. The van der Waals surface area contributed by atoms with E-state index < -0.39 is 65.2 Å². The number of halogens is 6. The molecule has 2 N–H and O–H groups in total. The van der Waals surface area contributed by atoms with E-state index in [1.807, 2.05) is 0 Å². The molecule has 1 aromatic carbocycles. The first-order valence-electron chi connectivity index (χ1n) is 18.8. The molecule has 4 fully saturated rings. The van der Waals surface area contributed by atoms with Crippen molar-refractivity contribution in [2.45, 2.75) is 94.4 Å². The van der Waals surface area contributed by atoms with E-state index in [2.05, 4.69) is 15.6 Å². The van der Waals surface area contributed by atoms with Gasteiger partial charge in [0.15, 0.2) is 5.11 Å². The van der Waals surface area contributed by atoms with Gasteiger partial charge in [0, 0.05) is 38.6 Å². The monoisotopic (exact) mass is 836 g/mol. The first kappa shape index (κ1) is 42.9. The van der Waals surface area contributed by atoms with Gasteiger partial charge in [0.1, 0.15) is 11.6 Å². The summed E-state index contributed by atoms with van der Waals surface area (Å²) in [5.74, 6) is -2.60. The first-order valence-corrected chi connectivity index (χ1v) is 19.2. The van der Waals surface area contributed by atoms with Crippen LogP contribution < -0.4 is 15.5 Å². The third-order valence-corrected chi connectivity index (χ3v) is 11.5. The van der Waals surface area contributed by atoms with Crippen LogP contribution in [0.1, 0.15) is 75.1 Å². The van der Waals surface area contributed by atoms with Gasteiger partial charge < -0.3 is 15.0 Å². The molecule has 6 rings (SSSR count). The lowest BCUT2D eigenvalue weighted by atomic mass is 9.89. The minimum absolute atomic E-state index is 0.0172. The molecule has 312 valence electrons. The van der Waals surface area contributed by atoms with Gasteiger partial charge in [-0.1, -0.05) is 0 Å². The van der Waals surface area contributed by atoms with Crippen LogP contribution in [0, 0.1) is 11.3 Å². The Hall–Kier alpha value is -4.71. The Labute approximate surface area is 335 Å². The fourth-order valence-electron chi connectivity index (χ4n) is 8.10. The smallest absolute Gasteiger partial charge is 0.377 e. The molecular weight excluding hydrogens is 795 g/mol. The second-order valence-electron chi connectivity index (χ2n) is 15.3. The predicted molar refractivity (Wildman–Crippen MR) is 200 cm³/mol. The molecule has 4 amide bonds. The van der Waals surface area contributed by atoms with Gasteiger partial charge in [-0.25, -0.2) is 0 Å². The van der Waals surface area contributed by atoms with Crippen LogP contribution in [0.2, 0.25) is 0 Å². The number of imide groups is 1. The molecule has 3 aliphatic heterocycles. The molecule has 1 aromatic heterocycles. The molecule has 0 spiro atoms. The zero-order valence-electron chi connectivity index (χ0n) is 31.7. The topological polar surface area (TPSA) is 151 Å². The summed E-state index contributed by atoms with van der Waals surface area (Å²) in [7, 11) is 0. The number of piperidine rings is 1. The van der Waals surface area contributed by atoms with Crippen LogP contribution in [0.4, 0.5) is 37.7 Å². The van der Waals surface area contributed by atoms with E-state index in [1.54, 1.807) is 23.6 Å². The minimum atomic E-state index is -4.82. The van der Waals surface area contributed by atoms with E-state index in [0.717, 1.165) is 21.9 Å². The Morgan fingerprint density at radius 2 is 1.78 bits per heavy atom. The van der Waals surface area contributed by atoms with Crippen LogP contribution in [0.25, 0.3) is 0 Å². The molecule has 20 heteroatoms. The van der Waals surface area contributed by atoms with Crippen LogP contribution in [0.5, 0.6) is 0 Å². The number of nitrogens with one attached hydrogen (secondary N) is 2. The molecule has 4 aliphatic rings. The van der Waals surface area contributed by atoms with Gasteiger partial charge in [0.05, 0.1) is 65.6 Å². The van der Waals surface area contributed by atoms with E-state index in [-0.39, 0.29) is 73.7 Å². The number of hydrogen-bond acceptors (Lipinski definition) is 10. The maximum absolute atomic E-state index is 14.2. The van der Waals surface area contributed by atoms with Crippen molar-refractivity contribution in [3.8, 4) is 6.07 Å². The molecule has 2 aromatic rings. The van der Waals surface area contributed by atoms with Crippen LogP contribution in [-0.4, -0.2) is 118 Å². The number of aromatic nitrogens is 1. The lowest BCUT2D eigenvalue weighted by molar-refractivity contribution is -0.197. The van der Waals surface area contributed by atoms with Crippen LogP contribution in [0.3, 0.4) is 0 Å². The summed E-state index contributed by atoms with van der Waals surface area (Å²) in [6.45, 7) is 3.10. The molecule has 4 heterocycles. The number of amides is 4. The average Bonchev–Trinajstić information content (AvgIpc) is 3.33. The van der Waals surface area contributed by atoms with Crippen molar-refractivity contribution >= 4 is 52.3 Å². The van der Waals surface area contributed by atoms with Gasteiger partial charge in [-0.2, -0.15) is 31.6 Å². The number of carbonyl (C=O) groups is 4. The molecule has 1 aliphatic carbocycles. The number of anilines is 2. The number of ether oxygens (including phenoxy) is 1. The Balaban J connectivity index is 0.970. The number of nitriles is 1. The Bertz CT molecular complexity index is 1970. The van der Waals surface area contributed by atoms with Crippen LogP contribution in [0.15, 0.2) is 36.5 Å². The van der Waals surface area contributed by atoms with Crippen LogP contribution in [-0.2, 0) is 30.1 Å². The molecule has 3 saturated heterocycles. The van der Waals surface area contributed by atoms with Gasteiger partial charge >= 0.3 is 12.4 Å². The van der Waals surface area contributed by atoms with Gasteiger partial charge in [0.2, 0.25) is 17.7 Å². The molecular formula is C38H42F6N8O5S. The Kier molecular flexibility index (Phi) is 12.5. The van der Waals surface area contributed by atoms with Crippen molar-refractivity contribution in [1.29, 1.82) is 5.26 Å². The SMILES string of the molecule is CC1(C)C(=O)N(c2ccc(C#N)c(C(F)(F)F)c2)C(=S)N1[C@H]1CC[C@H](OCCN2CCN(CC(=O)Nc3ccc(C4CCC(=O)NC4=O)nc3)[C@H](C(F)(F)F)C2)CC1. The van der Waals surface area contributed by atoms with Gasteiger partial charge in [-0.05, 0) is 88.5 Å². The highest BCUT2D eigenvalue weighted by atomic mass is 32.1. The quantitative estimate of drug-likeness (QED) is 0.195. The predicted octanol–water partition coefficient (Wildman–Crippen LogP) is 4.72. The second-order valence-corrected chi connectivity index (χ2v) is 15.7. The van der Waals surface area contributed by atoms with Crippen molar-refractivity contribution in [2.75, 3.05) is 49.5 Å². The molecule has 0 radical (unpaired) electrons. The first-order chi connectivity index (χ1) is 27.3. The minimum Gasteiger partial charge on any atom is -0.377 e. The van der Waals surface area contributed by atoms with Crippen LogP contribution >= 0.6 is 12.2 Å². The summed E-state index contributed by atoms with van der Waals surface area (Å²) in [5, 5.41) is 14.1. The second kappa shape index (κ2) is 16.9. The number of carbonyl (C=O) groups excluding carboxylic acids is 4. The number of rotatable bonds is 10. The summed E-state index contributed by atoms with van der Waals surface area (Å²) in [6, 6.07) is 5.49. The van der Waals surface area contributed by atoms with E-state index in [9.17, 15) is 50.8 Å². The van der Waals surface area contributed by atoms with Crippen molar-refractivity contribution in [1.82, 2.24) is 25.0 Å². The van der Waals surface area contributed by atoms with E-state index in [1.165, 1.54) is 30.5 Å². The maximum atomic E-state index is 14.2. The molecule has 58 heavy (non-hydrogen) atoms. The molecule has 2 atom stereocenters. The largest absolute Gasteiger partial charge is 0.417 e. The van der Waals surface area contributed by atoms with Gasteiger partial charge in [0.25, 0.3) is 5.91 Å². The number of thiocarbonyl (C=S) groups is 1. The van der Waals surface area contributed by atoms with E-state index >= 15 is 0 Å². The highest BCUT2D eigenvalue weighted by Gasteiger charge is 2.53. The Morgan fingerprint density at radius 1 is 1.05 bits per heavy atom. The number of piperazine rings is 1. The third kappa shape index (κ3) is 9.27. The lowest BCUT2D eigenvalue weighted by Gasteiger charge is -2.42. The zero-order chi connectivity index (χ0) is 42.2. The lowest BCUT2D eigenvalue weighted by Crippen LogP contribution is -2.60. The fourth-order valence-corrected chi connectivity index (χ4v) is 8.66. The standard InChI is InChI=1S/C38H42F6N8O5S/c1-36(2)34(56)51(25-5-3-22(18-45)28(17-25)37(39,40)41)35(58)52(36)24-6-8-26(9-7-24)57-16-15-49-13-14-50(30(20-49)38(42,43)44)21-32(54)47-23-4-11-29(46-19-23)27-10-12-31(53)48-33(27)55/h3-5,11,17,19,24,26-27,30H,6-10,12-16,20-21H2,1-2H3,(H,47,54)(H,48,53,55)/t24-,26-,27?,30-/m0/s1. The van der Waals surface area contributed by atoms with Gasteiger partial charge in [-0.15, -0.1) is 0 Å². The van der Waals surface area contributed by atoms with Crippen molar-refractivity contribution in [3.05, 3.63) is 53.3 Å². The molecule has 1 unspecified atom stereocenters. The molecule has 1 saturated carbocycles. The summed E-state index contributed by atoms with van der Waals surface area (Å²) >= 11 is 5.67. The van der Waals surface area contributed by atoms with Crippen molar-refractivity contribution < 1.29 is 50.3 Å². The summed E-state index contributed by atoms with van der Waals surface area (Å²) < 4.78 is 89.9. The van der Waals surface area contributed by atoms with E-state index in [0.29, 0.717) is 37.8 Å². The average molecular weight is 837 g/mol. The molecule has 0 bridgehead atoms. The molecule has 13 nitrogen and oxygen atoms in total. The van der Waals surface area contributed by atoms with Crippen molar-refractivity contribution in [3.63, 3.8) is 0 Å². The summed E-state index contributed by atoms with van der Waals surface area (Å²) in [6.07, 6.45) is -5.62. The van der Waals surface area contributed by atoms with Gasteiger partial charge in [-0.3, -0.25) is 44.2 Å². The third-order valence-electron chi connectivity index (χ3n) is 11.1. The summed E-state index contributed by atoms with van der Waals surface area (Å²) in [4.78, 5) is 59.7. The maximum Gasteiger partial charge on any atom is 0.417 e. The van der Waals surface area contributed by atoms with E-state index in [4.69, 9.17) is 17.0 Å². The van der Waals surface area contributed by atoms with Crippen molar-refractivity contribution in [2.24, 2.45) is 0 Å². The zero-order valence-corrected chi connectivity index (χ0v) is 32.5. The highest BCUT2D eigenvalue weighted by molar-refractivity contribution is 7.80. The number of nitrogens with zero attached hydrogens (tertiary/aromatic N) is 6. The highest BCUT2D eigenvalue weighted by Crippen LogP contribution is 2.41. The number of hydrogen-bond donors (Lipinski definition) is 2. The fraction of sp³-hybridized carbons (Fsp3) is 0.553. The number of pyridine rings is 1. The normalized spacial score (nSPS) is 24.8. The summed E-state index contributed by atoms with van der Waals surface area (Å²) in [5.41, 5.74) is -2.32.